The molecule has 0 atom stereocenters. The summed E-state index contributed by atoms with van der Waals surface area (Å²) >= 11 is 5.97. The Morgan fingerprint density at radius 3 is 3.05 bits per heavy atom. The van der Waals surface area contributed by atoms with E-state index < -0.39 is 0 Å². The quantitative estimate of drug-likeness (QED) is 0.863. The highest BCUT2D eigenvalue weighted by Gasteiger charge is 2.18. The lowest BCUT2D eigenvalue weighted by atomic mass is 10.2. The fraction of sp³-hybridized carbons (Fsp3) is 0.400. The van der Waals surface area contributed by atoms with E-state index in [0.717, 1.165) is 49.2 Å². The number of nitrogens with zero attached hydrogens (tertiary/aromatic N) is 3. The Kier molecular flexibility index (Phi) is 4.20. The SMILES string of the molecule is O=C1CCCN1CCCNc1ncnc2cc(Cl)ccc12. The van der Waals surface area contributed by atoms with Gasteiger partial charge < -0.3 is 10.2 Å². The third-order valence-electron chi connectivity index (χ3n) is 3.67. The van der Waals surface area contributed by atoms with Crippen LogP contribution in [0.5, 0.6) is 0 Å². The molecule has 110 valence electrons. The van der Waals surface area contributed by atoms with Crippen molar-refractivity contribution in [3.05, 3.63) is 29.5 Å². The molecule has 21 heavy (non-hydrogen) atoms. The Bertz CT molecular complexity index is 661. The Hall–Kier alpha value is -1.88. The molecule has 1 aromatic heterocycles. The number of rotatable bonds is 5. The minimum absolute atomic E-state index is 0.275. The number of fused-ring (bicyclic) bond motifs is 1. The number of benzene rings is 1. The number of halogens is 1. The molecule has 1 N–H and O–H groups in total. The topological polar surface area (TPSA) is 58.1 Å². The average Bonchev–Trinajstić information content (AvgIpc) is 2.88. The van der Waals surface area contributed by atoms with Crippen LogP contribution in [-0.2, 0) is 4.79 Å². The maximum absolute atomic E-state index is 11.5. The molecule has 3 rings (SSSR count). The number of amides is 1. The van der Waals surface area contributed by atoms with Crippen molar-refractivity contribution in [3.8, 4) is 0 Å². The average molecular weight is 305 g/mol. The first-order chi connectivity index (χ1) is 10.2. The van der Waals surface area contributed by atoms with Gasteiger partial charge in [-0.25, -0.2) is 9.97 Å². The molecule has 0 radical (unpaired) electrons. The van der Waals surface area contributed by atoms with Gasteiger partial charge in [0.25, 0.3) is 0 Å². The second-order valence-corrected chi connectivity index (χ2v) is 5.58. The van der Waals surface area contributed by atoms with Gasteiger partial charge in [0.05, 0.1) is 5.52 Å². The zero-order valence-corrected chi connectivity index (χ0v) is 12.4. The van der Waals surface area contributed by atoms with Crippen molar-refractivity contribution in [1.29, 1.82) is 0 Å². The molecule has 1 aromatic carbocycles. The van der Waals surface area contributed by atoms with Crippen molar-refractivity contribution in [2.24, 2.45) is 0 Å². The van der Waals surface area contributed by atoms with Crippen molar-refractivity contribution in [3.63, 3.8) is 0 Å². The van der Waals surface area contributed by atoms with E-state index in [9.17, 15) is 4.79 Å². The summed E-state index contributed by atoms with van der Waals surface area (Å²) in [6, 6.07) is 5.58. The van der Waals surface area contributed by atoms with Crippen molar-refractivity contribution < 1.29 is 4.79 Å². The zero-order chi connectivity index (χ0) is 14.7. The monoisotopic (exact) mass is 304 g/mol. The minimum atomic E-state index is 0.275. The third-order valence-corrected chi connectivity index (χ3v) is 3.90. The summed E-state index contributed by atoms with van der Waals surface area (Å²) in [6.45, 7) is 2.48. The van der Waals surface area contributed by atoms with Gasteiger partial charge in [0.15, 0.2) is 0 Å². The summed E-state index contributed by atoms with van der Waals surface area (Å²) in [5.41, 5.74) is 0.828. The van der Waals surface area contributed by atoms with Crippen LogP contribution in [0.25, 0.3) is 10.9 Å². The highest BCUT2D eigenvalue weighted by Crippen LogP contribution is 2.22. The van der Waals surface area contributed by atoms with Crippen LogP contribution in [0.1, 0.15) is 19.3 Å². The molecule has 2 heterocycles. The van der Waals surface area contributed by atoms with E-state index in [2.05, 4.69) is 15.3 Å². The number of nitrogens with one attached hydrogen (secondary N) is 1. The lowest BCUT2D eigenvalue weighted by Gasteiger charge is -2.15. The largest absolute Gasteiger partial charge is 0.369 e. The Morgan fingerprint density at radius 2 is 2.24 bits per heavy atom. The predicted molar refractivity (Wildman–Crippen MR) is 83.5 cm³/mol. The van der Waals surface area contributed by atoms with Crippen LogP contribution in [0.3, 0.4) is 0 Å². The van der Waals surface area contributed by atoms with E-state index >= 15 is 0 Å². The van der Waals surface area contributed by atoms with Gasteiger partial charge >= 0.3 is 0 Å². The molecule has 1 fully saturated rings. The molecule has 1 amide bonds. The van der Waals surface area contributed by atoms with Crippen LogP contribution in [0.15, 0.2) is 24.5 Å². The van der Waals surface area contributed by atoms with E-state index in [0.29, 0.717) is 11.4 Å². The number of anilines is 1. The standard InChI is InChI=1S/C15H17ClN4O/c16-11-4-5-12-13(9-11)18-10-19-15(12)17-6-2-8-20-7-1-3-14(20)21/h4-5,9-10H,1-3,6-8H2,(H,17,18,19). The maximum Gasteiger partial charge on any atom is 0.222 e. The van der Waals surface area contributed by atoms with Gasteiger partial charge in [-0.15, -0.1) is 0 Å². The van der Waals surface area contributed by atoms with Gasteiger partial charge in [-0.2, -0.15) is 0 Å². The summed E-state index contributed by atoms with van der Waals surface area (Å²) in [7, 11) is 0. The molecule has 6 heteroatoms. The van der Waals surface area contributed by atoms with Crippen molar-refractivity contribution >= 4 is 34.2 Å². The van der Waals surface area contributed by atoms with Gasteiger partial charge in [0.2, 0.25) is 5.91 Å². The minimum Gasteiger partial charge on any atom is -0.369 e. The van der Waals surface area contributed by atoms with Crippen LogP contribution in [0.4, 0.5) is 5.82 Å². The lowest BCUT2D eigenvalue weighted by Crippen LogP contribution is -2.27. The van der Waals surface area contributed by atoms with Gasteiger partial charge in [-0.1, -0.05) is 11.6 Å². The number of likely N-dealkylation sites (tertiary alicyclic amines) is 1. The number of carbonyl (C=O) groups is 1. The first-order valence-electron chi connectivity index (χ1n) is 7.16. The van der Waals surface area contributed by atoms with Crippen LogP contribution in [-0.4, -0.2) is 40.4 Å². The zero-order valence-electron chi connectivity index (χ0n) is 11.7. The fourth-order valence-electron chi connectivity index (χ4n) is 2.59. The first kappa shape index (κ1) is 14.1. The van der Waals surface area contributed by atoms with Crippen molar-refractivity contribution in [1.82, 2.24) is 14.9 Å². The first-order valence-corrected chi connectivity index (χ1v) is 7.54. The van der Waals surface area contributed by atoms with Crippen molar-refractivity contribution in [2.45, 2.75) is 19.3 Å². The molecule has 1 saturated heterocycles. The normalized spacial score (nSPS) is 14.9. The maximum atomic E-state index is 11.5. The molecule has 0 aliphatic carbocycles. The number of carbonyl (C=O) groups excluding carboxylic acids is 1. The van der Waals surface area contributed by atoms with Gasteiger partial charge in [-0.05, 0) is 31.0 Å². The highest BCUT2D eigenvalue weighted by molar-refractivity contribution is 6.31. The number of hydrogen-bond donors (Lipinski definition) is 1. The number of aromatic nitrogens is 2. The molecule has 0 spiro atoms. The summed E-state index contributed by atoms with van der Waals surface area (Å²) < 4.78 is 0. The molecule has 1 aliphatic rings. The molecule has 0 unspecified atom stereocenters. The second kappa shape index (κ2) is 6.26. The Morgan fingerprint density at radius 1 is 1.33 bits per heavy atom. The lowest BCUT2D eigenvalue weighted by molar-refractivity contribution is -0.127. The Labute approximate surface area is 128 Å². The molecule has 1 aliphatic heterocycles. The van der Waals surface area contributed by atoms with Gasteiger partial charge in [0.1, 0.15) is 12.1 Å². The van der Waals surface area contributed by atoms with E-state index in [1.165, 1.54) is 6.33 Å². The molecule has 0 saturated carbocycles. The summed E-state index contributed by atoms with van der Waals surface area (Å²) in [6.07, 6.45) is 4.13. The van der Waals surface area contributed by atoms with Gasteiger partial charge in [-0.3, -0.25) is 4.79 Å². The van der Waals surface area contributed by atoms with Crippen LogP contribution < -0.4 is 5.32 Å². The van der Waals surface area contributed by atoms with E-state index in [-0.39, 0.29) is 5.91 Å². The number of hydrogen-bond acceptors (Lipinski definition) is 4. The molecule has 5 nitrogen and oxygen atoms in total. The van der Waals surface area contributed by atoms with E-state index in [4.69, 9.17) is 11.6 Å². The highest BCUT2D eigenvalue weighted by atomic mass is 35.5. The molecular formula is C15H17ClN4O. The van der Waals surface area contributed by atoms with E-state index in [1.807, 2.05) is 23.1 Å². The van der Waals surface area contributed by atoms with E-state index in [1.54, 1.807) is 0 Å². The van der Waals surface area contributed by atoms with Crippen LogP contribution >= 0.6 is 11.6 Å². The van der Waals surface area contributed by atoms with Crippen molar-refractivity contribution in [2.75, 3.05) is 25.0 Å². The smallest absolute Gasteiger partial charge is 0.222 e. The molecular weight excluding hydrogens is 288 g/mol. The summed E-state index contributed by atoms with van der Waals surface area (Å²) in [5.74, 6) is 1.08. The Balaban J connectivity index is 1.59. The summed E-state index contributed by atoms with van der Waals surface area (Å²) in [5, 5.41) is 4.94. The molecule has 2 aromatic rings. The molecule has 0 bridgehead atoms. The van der Waals surface area contributed by atoms with Crippen LogP contribution in [0.2, 0.25) is 5.02 Å². The predicted octanol–water partition coefficient (Wildman–Crippen LogP) is 2.71. The third kappa shape index (κ3) is 3.24. The summed E-state index contributed by atoms with van der Waals surface area (Å²) in [4.78, 5) is 21.9. The fourth-order valence-corrected chi connectivity index (χ4v) is 2.75. The van der Waals surface area contributed by atoms with Crippen LogP contribution in [0, 0.1) is 0 Å². The van der Waals surface area contributed by atoms with Gasteiger partial charge in [0, 0.05) is 36.5 Å². The second-order valence-electron chi connectivity index (χ2n) is 5.15.